The Kier molecular flexibility index (Phi) is 5.53. The molecule has 0 amide bonds. The fourth-order valence-corrected chi connectivity index (χ4v) is 3.40. The number of benzene rings is 1. The van der Waals surface area contributed by atoms with Crippen molar-refractivity contribution in [3.05, 3.63) is 53.8 Å². The molecule has 6 nitrogen and oxygen atoms in total. The highest BCUT2D eigenvalue weighted by atomic mass is 79.9. The molecule has 134 valence electrons. The maximum absolute atomic E-state index is 5.18. The second kappa shape index (κ2) is 7.84. The Hall–Kier alpha value is -2.45. The molecule has 4 rings (SSSR count). The lowest BCUT2D eigenvalue weighted by atomic mass is 10.2. The second-order valence-electron chi connectivity index (χ2n) is 5.44. The Morgan fingerprint density at radius 3 is 2.73 bits per heavy atom. The summed E-state index contributed by atoms with van der Waals surface area (Å²) in [5.41, 5.74) is 3.88. The number of halogens is 1. The first kappa shape index (κ1) is 18.3. The minimum Gasteiger partial charge on any atom is -0.497 e. The van der Waals surface area contributed by atoms with Crippen LogP contribution < -0.4 is 10.1 Å². The van der Waals surface area contributed by atoms with Crippen molar-refractivity contribution in [2.75, 3.05) is 12.4 Å². The summed E-state index contributed by atoms with van der Waals surface area (Å²) in [5.74, 6) is 1.53. The summed E-state index contributed by atoms with van der Waals surface area (Å²) < 4.78 is 7.17. The number of rotatable bonds is 5. The number of methoxy groups -OCH3 is 1. The van der Waals surface area contributed by atoms with Gasteiger partial charge >= 0.3 is 0 Å². The molecule has 0 aliphatic rings. The highest BCUT2D eigenvalue weighted by Gasteiger charge is 2.16. The van der Waals surface area contributed by atoms with E-state index in [1.807, 2.05) is 46.3 Å². The molecule has 0 saturated heterocycles. The van der Waals surface area contributed by atoms with Crippen LogP contribution in [0.5, 0.6) is 5.75 Å². The third-order valence-electron chi connectivity index (χ3n) is 3.90. The van der Waals surface area contributed by atoms with Crippen molar-refractivity contribution >= 4 is 44.9 Å². The van der Waals surface area contributed by atoms with Crippen LogP contribution in [0.4, 0.5) is 10.8 Å². The fraction of sp³-hybridized carbons (Fsp3) is 0.167. The molecule has 0 aliphatic heterocycles. The van der Waals surface area contributed by atoms with Gasteiger partial charge in [0.15, 0.2) is 5.13 Å². The molecule has 1 N–H and O–H groups in total. The predicted octanol–water partition coefficient (Wildman–Crippen LogP) is 4.75. The van der Waals surface area contributed by atoms with Gasteiger partial charge in [-0.05, 0) is 36.8 Å². The third-order valence-corrected chi connectivity index (χ3v) is 4.66. The highest BCUT2D eigenvalue weighted by molar-refractivity contribution is 8.93. The van der Waals surface area contributed by atoms with Gasteiger partial charge < -0.3 is 10.1 Å². The van der Waals surface area contributed by atoms with Gasteiger partial charge in [-0.2, -0.15) is 0 Å². The number of aryl methyl sites for hydroxylation is 1. The van der Waals surface area contributed by atoms with E-state index in [1.54, 1.807) is 24.6 Å². The Balaban J connectivity index is 0.00000196. The van der Waals surface area contributed by atoms with E-state index in [9.17, 15) is 0 Å². The first-order valence-electron chi connectivity index (χ1n) is 7.97. The number of anilines is 2. The molecular formula is C18H18BrN5OS. The number of imidazole rings is 1. The van der Waals surface area contributed by atoms with Crippen LogP contribution in [0.2, 0.25) is 0 Å². The Labute approximate surface area is 165 Å². The largest absolute Gasteiger partial charge is 0.497 e. The van der Waals surface area contributed by atoms with Crippen molar-refractivity contribution in [2.24, 2.45) is 0 Å². The summed E-state index contributed by atoms with van der Waals surface area (Å²) in [6.07, 6.45) is 4.56. The van der Waals surface area contributed by atoms with Gasteiger partial charge in [0.25, 0.3) is 0 Å². The van der Waals surface area contributed by atoms with E-state index in [-0.39, 0.29) is 17.0 Å². The van der Waals surface area contributed by atoms with Crippen LogP contribution in [0.25, 0.3) is 17.2 Å². The van der Waals surface area contributed by atoms with Crippen molar-refractivity contribution in [1.82, 2.24) is 19.4 Å². The Bertz CT molecular complexity index is 1010. The van der Waals surface area contributed by atoms with Crippen LogP contribution in [0, 0.1) is 0 Å². The number of aromatic nitrogens is 4. The van der Waals surface area contributed by atoms with E-state index in [2.05, 4.69) is 22.2 Å². The molecular weight excluding hydrogens is 414 g/mol. The quantitative estimate of drug-likeness (QED) is 0.493. The number of fused-ring (bicyclic) bond motifs is 1. The average molecular weight is 432 g/mol. The van der Waals surface area contributed by atoms with Crippen LogP contribution in [0.3, 0.4) is 0 Å². The van der Waals surface area contributed by atoms with Gasteiger partial charge in [-0.1, -0.05) is 6.92 Å². The molecule has 0 saturated carbocycles. The summed E-state index contributed by atoms with van der Waals surface area (Å²) in [6.45, 7) is 2.09. The lowest BCUT2D eigenvalue weighted by Gasteiger charge is -2.04. The van der Waals surface area contributed by atoms with E-state index in [4.69, 9.17) is 9.72 Å². The summed E-state index contributed by atoms with van der Waals surface area (Å²) >= 11 is 1.57. The van der Waals surface area contributed by atoms with Crippen LogP contribution in [-0.2, 0) is 6.42 Å². The van der Waals surface area contributed by atoms with Crippen molar-refractivity contribution in [2.45, 2.75) is 13.3 Å². The monoisotopic (exact) mass is 431 g/mol. The lowest BCUT2D eigenvalue weighted by molar-refractivity contribution is 0.415. The van der Waals surface area contributed by atoms with Crippen LogP contribution >= 0.6 is 28.3 Å². The minimum absolute atomic E-state index is 0. The standard InChI is InChI=1S/C18H17N5OS.BrH/c1-3-14-16(23-10-4-9-19-17(23)21-14)15-11-25-18(22-15)20-12-5-7-13(24-2)8-6-12;/h4-11H,3H2,1-2H3,(H,20,22);1H. The maximum atomic E-state index is 5.18. The van der Waals surface area contributed by atoms with Crippen LogP contribution in [-0.4, -0.2) is 26.5 Å². The normalized spacial score (nSPS) is 10.5. The topological polar surface area (TPSA) is 64.3 Å². The fourth-order valence-electron chi connectivity index (χ4n) is 2.69. The van der Waals surface area contributed by atoms with Crippen molar-refractivity contribution in [1.29, 1.82) is 0 Å². The van der Waals surface area contributed by atoms with Gasteiger partial charge in [-0.3, -0.25) is 4.40 Å². The number of nitrogens with one attached hydrogen (secondary N) is 1. The van der Waals surface area contributed by atoms with Crippen LogP contribution in [0.1, 0.15) is 12.6 Å². The predicted molar refractivity (Wildman–Crippen MR) is 110 cm³/mol. The highest BCUT2D eigenvalue weighted by Crippen LogP contribution is 2.30. The lowest BCUT2D eigenvalue weighted by Crippen LogP contribution is -1.93. The Morgan fingerprint density at radius 1 is 1.19 bits per heavy atom. The number of hydrogen-bond acceptors (Lipinski definition) is 6. The Morgan fingerprint density at radius 2 is 2.00 bits per heavy atom. The molecule has 0 bridgehead atoms. The SMILES string of the molecule is Br.CCc1nc2ncccn2c1-c1csc(Nc2ccc(OC)cc2)n1. The average Bonchev–Trinajstić information content (AvgIpc) is 3.26. The first-order chi connectivity index (χ1) is 12.3. The molecule has 1 aromatic carbocycles. The molecule has 3 heterocycles. The van der Waals surface area contributed by atoms with E-state index in [1.165, 1.54) is 0 Å². The van der Waals surface area contributed by atoms with E-state index >= 15 is 0 Å². The molecule has 0 aliphatic carbocycles. The molecule has 8 heteroatoms. The molecule has 0 atom stereocenters. The first-order valence-corrected chi connectivity index (χ1v) is 8.85. The smallest absolute Gasteiger partial charge is 0.234 e. The van der Waals surface area contributed by atoms with Gasteiger partial charge in [-0.25, -0.2) is 15.0 Å². The summed E-state index contributed by atoms with van der Waals surface area (Å²) in [4.78, 5) is 13.7. The maximum Gasteiger partial charge on any atom is 0.234 e. The zero-order chi connectivity index (χ0) is 17.2. The van der Waals surface area contributed by atoms with E-state index in [0.29, 0.717) is 5.78 Å². The zero-order valence-corrected chi connectivity index (χ0v) is 16.9. The van der Waals surface area contributed by atoms with Crippen LogP contribution in [0.15, 0.2) is 48.1 Å². The molecule has 0 unspecified atom stereocenters. The summed E-state index contributed by atoms with van der Waals surface area (Å²) in [6, 6.07) is 9.68. The number of thiazole rings is 1. The van der Waals surface area contributed by atoms with Gasteiger partial charge in [0.1, 0.15) is 11.4 Å². The molecule has 4 aromatic rings. The number of nitrogens with zero attached hydrogens (tertiary/aromatic N) is 4. The third kappa shape index (κ3) is 3.42. The van der Waals surface area contributed by atoms with E-state index < -0.39 is 0 Å². The number of ether oxygens (including phenoxy) is 1. The van der Waals surface area contributed by atoms with Crippen molar-refractivity contribution in [3.63, 3.8) is 0 Å². The van der Waals surface area contributed by atoms with Gasteiger partial charge in [0.2, 0.25) is 5.78 Å². The van der Waals surface area contributed by atoms with Gasteiger partial charge in [-0.15, -0.1) is 28.3 Å². The second-order valence-corrected chi connectivity index (χ2v) is 6.30. The molecule has 0 fully saturated rings. The molecule has 26 heavy (non-hydrogen) atoms. The minimum atomic E-state index is 0. The van der Waals surface area contributed by atoms with Crippen molar-refractivity contribution < 1.29 is 4.74 Å². The summed E-state index contributed by atoms with van der Waals surface area (Å²) in [7, 11) is 1.66. The van der Waals surface area contributed by atoms with Crippen molar-refractivity contribution in [3.8, 4) is 17.1 Å². The van der Waals surface area contributed by atoms with Gasteiger partial charge in [0, 0.05) is 23.5 Å². The molecule has 3 aromatic heterocycles. The molecule has 0 spiro atoms. The summed E-state index contributed by atoms with van der Waals surface area (Å²) in [5, 5.41) is 6.21. The van der Waals surface area contributed by atoms with Gasteiger partial charge in [0.05, 0.1) is 18.5 Å². The number of hydrogen-bond donors (Lipinski definition) is 1. The van der Waals surface area contributed by atoms with E-state index in [0.717, 1.165) is 40.1 Å². The zero-order valence-electron chi connectivity index (χ0n) is 14.3. The molecule has 0 radical (unpaired) electrons.